The van der Waals surface area contributed by atoms with Crippen molar-refractivity contribution in [1.29, 1.82) is 0 Å². The second-order valence-corrected chi connectivity index (χ2v) is 5.87. The predicted molar refractivity (Wildman–Crippen MR) is 85.0 cm³/mol. The number of ketones is 1. The summed E-state index contributed by atoms with van der Waals surface area (Å²) < 4.78 is 2.97. The van der Waals surface area contributed by atoms with Crippen molar-refractivity contribution in [3.63, 3.8) is 0 Å². The fraction of sp³-hybridized carbons (Fsp3) is 0.0667. The molecule has 1 fully saturated rings. The Labute approximate surface area is 134 Å². The van der Waals surface area contributed by atoms with Crippen LogP contribution in [0.15, 0.2) is 42.6 Å². The maximum atomic E-state index is 11.9. The summed E-state index contributed by atoms with van der Waals surface area (Å²) in [5, 5.41) is 13.5. The van der Waals surface area contributed by atoms with Crippen LogP contribution >= 0.6 is 11.9 Å². The highest BCUT2D eigenvalue weighted by atomic mass is 32.2. The maximum absolute atomic E-state index is 11.9. The van der Waals surface area contributed by atoms with Crippen molar-refractivity contribution in [1.82, 2.24) is 14.6 Å². The lowest BCUT2D eigenvalue weighted by Gasteiger charge is -2.14. The third kappa shape index (κ3) is 2.23. The molecule has 7 nitrogen and oxygen atoms in total. The zero-order chi connectivity index (χ0) is 16.0. The Morgan fingerprint density at radius 3 is 2.83 bits per heavy atom. The summed E-state index contributed by atoms with van der Waals surface area (Å²) in [6, 6.07) is 10.6. The Morgan fingerprint density at radius 2 is 2.04 bits per heavy atom. The molecule has 1 saturated heterocycles. The van der Waals surface area contributed by atoms with E-state index in [1.165, 1.54) is 22.4 Å². The number of carbonyl (C=O) groups excluding carboxylic acids is 2. The van der Waals surface area contributed by atoms with Crippen LogP contribution in [0.4, 0.5) is 5.69 Å². The van der Waals surface area contributed by atoms with E-state index >= 15 is 0 Å². The number of fused-ring (bicyclic) bond motifs is 1. The third-order valence-corrected chi connectivity index (χ3v) is 4.54. The van der Waals surface area contributed by atoms with Crippen molar-refractivity contribution in [2.45, 2.75) is 0 Å². The number of Topliss-reactive ketones (excluding diaryl/α,β-unsaturated/α-hetero) is 1. The van der Waals surface area contributed by atoms with Crippen LogP contribution in [0.3, 0.4) is 0 Å². The molecule has 114 valence electrons. The number of aromatic hydroxyl groups is 1. The van der Waals surface area contributed by atoms with Gasteiger partial charge in [0.1, 0.15) is 0 Å². The molecule has 1 N–H and O–H groups in total. The summed E-state index contributed by atoms with van der Waals surface area (Å²) in [7, 11) is 0. The minimum atomic E-state index is -0.507. The number of anilines is 1. The van der Waals surface area contributed by atoms with E-state index in [1.54, 1.807) is 10.6 Å². The first-order valence-corrected chi connectivity index (χ1v) is 7.72. The monoisotopic (exact) mass is 326 g/mol. The van der Waals surface area contributed by atoms with Crippen LogP contribution in [0.1, 0.15) is 0 Å². The lowest BCUT2D eigenvalue weighted by molar-refractivity contribution is -0.133. The molecule has 4 rings (SSSR count). The SMILES string of the molecule is O=C1CSN(c2cccc(-c3ccc4cnc(O)nn34)c2)C1=O. The Hall–Kier alpha value is -2.87. The first-order valence-electron chi connectivity index (χ1n) is 6.78. The number of carbonyl (C=O) groups is 2. The molecule has 3 aromatic rings. The summed E-state index contributed by atoms with van der Waals surface area (Å²) >= 11 is 1.19. The highest BCUT2D eigenvalue weighted by molar-refractivity contribution is 8.03. The van der Waals surface area contributed by atoms with Gasteiger partial charge in [0.25, 0.3) is 0 Å². The normalized spacial score (nSPS) is 14.9. The van der Waals surface area contributed by atoms with E-state index in [9.17, 15) is 14.7 Å². The van der Waals surface area contributed by atoms with Crippen molar-refractivity contribution < 1.29 is 14.7 Å². The molecule has 0 radical (unpaired) electrons. The van der Waals surface area contributed by atoms with Gasteiger partial charge in [0.2, 0.25) is 5.78 Å². The largest absolute Gasteiger partial charge is 0.478 e. The molecule has 0 saturated carbocycles. The number of hydrogen-bond acceptors (Lipinski definition) is 6. The van der Waals surface area contributed by atoms with Crippen LogP contribution in [-0.2, 0) is 9.59 Å². The molecule has 1 amide bonds. The van der Waals surface area contributed by atoms with E-state index in [0.29, 0.717) is 5.69 Å². The Balaban J connectivity index is 1.80. The number of rotatable bonds is 2. The molecular formula is C15H10N4O3S. The van der Waals surface area contributed by atoms with Gasteiger partial charge >= 0.3 is 11.9 Å². The van der Waals surface area contributed by atoms with Crippen molar-refractivity contribution in [2.24, 2.45) is 0 Å². The van der Waals surface area contributed by atoms with Crippen LogP contribution in [0.25, 0.3) is 16.8 Å². The maximum Gasteiger partial charge on any atom is 0.331 e. The minimum Gasteiger partial charge on any atom is -0.478 e. The van der Waals surface area contributed by atoms with Gasteiger partial charge in [-0.1, -0.05) is 12.1 Å². The smallest absolute Gasteiger partial charge is 0.331 e. The Bertz CT molecular complexity index is 953. The van der Waals surface area contributed by atoms with Crippen molar-refractivity contribution >= 4 is 34.8 Å². The molecule has 1 aliphatic rings. The molecule has 0 unspecified atom stereocenters. The summed E-state index contributed by atoms with van der Waals surface area (Å²) in [6.45, 7) is 0. The summed E-state index contributed by atoms with van der Waals surface area (Å²) in [4.78, 5) is 27.0. The van der Waals surface area contributed by atoms with Gasteiger partial charge in [-0.3, -0.25) is 9.59 Å². The van der Waals surface area contributed by atoms with Gasteiger partial charge in [-0.25, -0.2) is 13.8 Å². The van der Waals surface area contributed by atoms with Gasteiger partial charge in [-0.05, 0) is 36.2 Å². The fourth-order valence-corrected chi connectivity index (χ4v) is 3.30. The van der Waals surface area contributed by atoms with E-state index in [1.807, 2.05) is 30.3 Å². The molecular weight excluding hydrogens is 316 g/mol. The first kappa shape index (κ1) is 13.8. The number of hydrogen-bond donors (Lipinski definition) is 1. The lowest BCUT2D eigenvalue weighted by atomic mass is 10.1. The Kier molecular flexibility index (Phi) is 3.05. The molecule has 8 heteroatoms. The van der Waals surface area contributed by atoms with Gasteiger partial charge in [0.15, 0.2) is 0 Å². The number of amides is 1. The topological polar surface area (TPSA) is 87.8 Å². The highest BCUT2D eigenvalue weighted by Gasteiger charge is 2.31. The zero-order valence-corrected chi connectivity index (χ0v) is 12.5. The van der Waals surface area contributed by atoms with Gasteiger partial charge in [-0.2, -0.15) is 0 Å². The second-order valence-electron chi connectivity index (χ2n) is 4.96. The molecule has 1 aliphatic heterocycles. The molecule has 2 aromatic heterocycles. The molecule has 1 aromatic carbocycles. The minimum absolute atomic E-state index is 0.165. The van der Waals surface area contributed by atoms with Gasteiger partial charge in [-0.15, -0.1) is 5.10 Å². The van der Waals surface area contributed by atoms with Gasteiger partial charge in [0.05, 0.1) is 28.8 Å². The van der Waals surface area contributed by atoms with Crippen LogP contribution in [-0.4, -0.2) is 37.1 Å². The van der Waals surface area contributed by atoms with E-state index < -0.39 is 11.7 Å². The fourth-order valence-electron chi connectivity index (χ4n) is 2.45. The Morgan fingerprint density at radius 1 is 1.17 bits per heavy atom. The van der Waals surface area contributed by atoms with E-state index in [-0.39, 0.29) is 11.8 Å². The van der Waals surface area contributed by atoms with E-state index in [0.717, 1.165) is 16.8 Å². The summed E-state index contributed by atoms with van der Waals surface area (Å²) in [5.74, 6) is -0.739. The molecule has 3 heterocycles. The van der Waals surface area contributed by atoms with Gasteiger partial charge < -0.3 is 5.11 Å². The van der Waals surface area contributed by atoms with Crippen LogP contribution < -0.4 is 4.31 Å². The number of benzene rings is 1. The molecule has 0 aliphatic carbocycles. The predicted octanol–water partition coefficient (Wildman–Crippen LogP) is 1.67. The van der Waals surface area contributed by atoms with Gasteiger partial charge in [0, 0.05) is 5.56 Å². The summed E-state index contributed by atoms with van der Waals surface area (Å²) in [6.07, 6.45) is 1.52. The van der Waals surface area contributed by atoms with Crippen molar-refractivity contribution in [3.8, 4) is 17.3 Å². The summed E-state index contributed by atoms with van der Waals surface area (Å²) in [5.41, 5.74) is 2.94. The average molecular weight is 326 g/mol. The zero-order valence-electron chi connectivity index (χ0n) is 11.7. The first-order chi connectivity index (χ1) is 11.1. The lowest BCUT2D eigenvalue weighted by Crippen LogP contribution is -2.22. The van der Waals surface area contributed by atoms with Crippen molar-refractivity contribution in [2.75, 3.05) is 10.1 Å². The van der Waals surface area contributed by atoms with Crippen LogP contribution in [0.5, 0.6) is 6.01 Å². The molecule has 23 heavy (non-hydrogen) atoms. The third-order valence-electron chi connectivity index (χ3n) is 3.51. The highest BCUT2D eigenvalue weighted by Crippen LogP contribution is 2.32. The standard InChI is InChI=1S/C15H10N4O3S/c20-13-8-23-19(14(13)21)10-3-1-2-9(6-10)12-5-4-11-7-16-15(22)17-18(11)12/h1-7H,8H2,(H,17,22). The molecule has 0 spiro atoms. The second kappa shape index (κ2) is 5.10. The van der Waals surface area contributed by atoms with E-state index in [2.05, 4.69) is 10.1 Å². The van der Waals surface area contributed by atoms with Crippen LogP contribution in [0.2, 0.25) is 0 Å². The molecule has 0 bridgehead atoms. The van der Waals surface area contributed by atoms with Crippen LogP contribution in [0, 0.1) is 0 Å². The molecule has 0 atom stereocenters. The number of aromatic nitrogens is 3. The number of nitrogens with zero attached hydrogens (tertiary/aromatic N) is 4. The quantitative estimate of drug-likeness (QED) is 0.569. The van der Waals surface area contributed by atoms with Crippen molar-refractivity contribution in [3.05, 3.63) is 42.6 Å². The van der Waals surface area contributed by atoms with E-state index in [4.69, 9.17) is 0 Å². The average Bonchev–Trinajstić information content (AvgIpc) is 3.11.